The maximum atomic E-state index is 12.2. The predicted molar refractivity (Wildman–Crippen MR) is 66.4 cm³/mol. The Balaban J connectivity index is 2.94. The number of ether oxygens (including phenoxy) is 1. The lowest BCUT2D eigenvalue weighted by atomic mass is 10.4. The molecule has 18 heavy (non-hydrogen) atoms. The van der Waals surface area contributed by atoms with Gasteiger partial charge in [0.05, 0.1) is 12.7 Å². The first-order valence-corrected chi connectivity index (χ1v) is 7.22. The number of hydrogen-bond donors (Lipinski definition) is 1. The van der Waals surface area contributed by atoms with Gasteiger partial charge in [-0.3, -0.25) is 0 Å². The fraction of sp³-hybridized carbons (Fsp3) is 0.750. The van der Waals surface area contributed by atoms with Gasteiger partial charge in [-0.2, -0.15) is 4.31 Å². The molecule has 8 nitrogen and oxygen atoms in total. The van der Waals surface area contributed by atoms with Crippen molar-refractivity contribution in [2.75, 3.05) is 27.3 Å². The van der Waals surface area contributed by atoms with Crippen molar-refractivity contribution in [3.63, 3.8) is 0 Å². The van der Waals surface area contributed by atoms with Gasteiger partial charge in [0.25, 0.3) is 10.0 Å². The van der Waals surface area contributed by atoms with Crippen molar-refractivity contribution >= 4 is 26.0 Å². The standard InChI is InChI=1S/C8H15BrN4O4S/c1-12(4-6(14)5-17-3)18(15,16)8-7(9)10-11-13(8)2/h6,14H,4-5H2,1-3H3. The number of halogens is 1. The number of rotatable bonds is 6. The molecule has 0 fully saturated rings. The van der Waals surface area contributed by atoms with Crippen LogP contribution in [0.3, 0.4) is 0 Å². The molecule has 0 aromatic carbocycles. The first-order chi connectivity index (χ1) is 8.30. The lowest BCUT2D eigenvalue weighted by molar-refractivity contribution is 0.0553. The van der Waals surface area contributed by atoms with Gasteiger partial charge in [0.2, 0.25) is 5.03 Å². The molecule has 1 heterocycles. The zero-order valence-corrected chi connectivity index (χ0v) is 12.6. The van der Waals surface area contributed by atoms with Crippen molar-refractivity contribution < 1.29 is 18.3 Å². The molecular formula is C8H15BrN4O4S. The molecule has 0 saturated heterocycles. The van der Waals surface area contributed by atoms with Gasteiger partial charge in [0, 0.05) is 27.7 Å². The van der Waals surface area contributed by atoms with Crippen molar-refractivity contribution in [1.29, 1.82) is 0 Å². The molecule has 0 amide bonds. The van der Waals surface area contributed by atoms with E-state index in [1.54, 1.807) is 0 Å². The zero-order chi connectivity index (χ0) is 13.9. The molecular weight excluding hydrogens is 328 g/mol. The minimum atomic E-state index is -3.76. The summed E-state index contributed by atoms with van der Waals surface area (Å²) >= 11 is 3.03. The number of likely N-dealkylation sites (N-methyl/N-ethyl adjacent to an activating group) is 1. The minimum absolute atomic E-state index is 0.0602. The van der Waals surface area contributed by atoms with E-state index in [0.29, 0.717) is 0 Å². The molecule has 0 aliphatic carbocycles. The van der Waals surface area contributed by atoms with Crippen LogP contribution in [0.1, 0.15) is 0 Å². The molecule has 1 rings (SSSR count). The maximum Gasteiger partial charge on any atom is 0.262 e. The van der Waals surface area contributed by atoms with Gasteiger partial charge >= 0.3 is 0 Å². The van der Waals surface area contributed by atoms with Crippen LogP contribution in [0, 0.1) is 0 Å². The molecule has 1 aromatic rings. The Bertz CT molecular complexity index is 484. The quantitative estimate of drug-likeness (QED) is 0.727. The lowest BCUT2D eigenvalue weighted by Crippen LogP contribution is -2.37. The summed E-state index contributed by atoms with van der Waals surface area (Å²) in [5.41, 5.74) is 0. The van der Waals surface area contributed by atoms with E-state index in [1.807, 2.05) is 0 Å². The second kappa shape index (κ2) is 6.06. The molecule has 0 radical (unpaired) electrons. The van der Waals surface area contributed by atoms with Gasteiger partial charge < -0.3 is 9.84 Å². The monoisotopic (exact) mass is 342 g/mol. The maximum absolute atomic E-state index is 12.2. The van der Waals surface area contributed by atoms with Crippen LogP contribution in [0.4, 0.5) is 0 Å². The van der Waals surface area contributed by atoms with Crippen molar-refractivity contribution in [1.82, 2.24) is 19.3 Å². The number of hydrogen-bond acceptors (Lipinski definition) is 6. The molecule has 1 atom stereocenters. The van der Waals surface area contributed by atoms with Gasteiger partial charge in [0.1, 0.15) is 0 Å². The third-order valence-corrected chi connectivity index (χ3v) is 4.93. The van der Waals surface area contributed by atoms with Crippen LogP contribution in [0.2, 0.25) is 0 Å². The van der Waals surface area contributed by atoms with E-state index >= 15 is 0 Å². The summed E-state index contributed by atoms with van der Waals surface area (Å²) in [4.78, 5) is 0. The number of methoxy groups -OCH3 is 1. The predicted octanol–water partition coefficient (Wildman–Crippen LogP) is -0.795. The highest BCUT2D eigenvalue weighted by atomic mass is 79.9. The summed E-state index contributed by atoms with van der Waals surface area (Å²) in [7, 11) is 0.513. The van der Waals surface area contributed by atoms with Crippen LogP contribution in [-0.2, 0) is 21.8 Å². The molecule has 0 bridgehead atoms. The smallest absolute Gasteiger partial charge is 0.262 e. The number of aromatic nitrogens is 3. The fourth-order valence-corrected chi connectivity index (χ4v) is 3.61. The Morgan fingerprint density at radius 2 is 2.22 bits per heavy atom. The molecule has 0 saturated carbocycles. The van der Waals surface area contributed by atoms with E-state index in [-0.39, 0.29) is 22.8 Å². The van der Waals surface area contributed by atoms with Gasteiger partial charge in [-0.15, -0.1) is 5.10 Å². The van der Waals surface area contributed by atoms with Crippen molar-refractivity contribution in [3.8, 4) is 0 Å². The van der Waals surface area contributed by atoms with E-state index < -0.39 is 16.1 Å². The summed E-state index contributed by atoms with van der Waals surface area (Å²) in [6.07, 6.45) is -0.894. The topological polar surface area (TPSA) is 97.6 Å². The molecule has 0 aliphatic rings. The number of aliphatic hydroxyl groups excluding tert-OH is 1. The third-order valence-electron chi connectivity index (χ3n) is 2.22. The molecule has 0 spiro atoms. The van der Waals surface area contributed by atoms with Crippen LogP contribution in [0.25, 0.3) is 0 Å². The van der Waals surface area contributed by atoms with Gasteiger partial charge in [-0.1, -0.05) is 5.21 Å². The lowest BCUT2D eigenvalue weighted by Gasteiger charge is -2.19. The largest absolute Gasteiger partial charge is 0.389 e. The Morgan fingerprint density at radius 3 is 2.67 bits per heavy atom. The summed E-state index contributed by atoms with van der Waals surface area (Å²) in [5.74, 6) is 0. The van der Waals surface area contributed by atoms with Gasteiger partial charge in [-0.25, -0.2) is 13.1 Å². The van der Waals surface area contributed by atoms with E-state index in [9.17, 15) is 13.5 Å². The molecule has 104 valence electrons. The third kappa shape index (κ3) is 3.26. The van der Waals surface area contributed by atoms with E-state index in [0.717, 1.165) is 8.99 Å². The number of aliphatic hydroxyl groups is 1. The van der Waals surface area contributed by atoms with Crippen molar-refractivity contribution in [3.05, 3.63) is 4.60 Å². The molecule has 1 N–H and O–H groups in total. The molecule has 0 aliphatic heterocycles. The van der Waals surface area contributed by atoms with E-state index in [1.165, 1.54) is 21.2 Å². The molecule has 1 unspecified atom stereocenters. The van der Waals surface area contributed by atoms with Crippen LogP contribution >= 0.6 is 15.9 Å². The highest BCUT2D eigenvalue weighted by Crippen LogP contribution is 2.21. The average Bonchev–Trinajstić information content (AvgIpc) is 2.59. The van der Waals surface area contributed by atoms with Crippen LogP contribution in [0.15, 0.2) is 9.63 Å². The van der Waals surface area contributed by atoms with Crippen LogP contribution < -0.4 is 0 Å². The van der Waals surface area contributed by atoms with Crippen molar-refractivity contribution in [2.24, 2.45) is 7.05 Å². The van der Waals surface area contributed by atoms with E-state index in [4.69, 9.17) is 4.74 Å². The summed E-state index contributed by atoms with van der Waals surface area (Å²) in [6.45, 7) is -0.0154. The zero-order valence-electron chi connectivity index (χ0n) is 10.2. The van der Waals surface area contributed by atoms with Crippen molar-refractivity contribution in [2.45, 2.75) is 11.1 Å². The Kier molecular flexibility index (Phi) is 5.22. The second-order valence-corrected chi connectivity index (χ2v) is 6.42. The highest BCUT2D eigenvalue weighted by Gasteiger charge is 2.29. The van der Waals surface area contributed by atoms with Gasteiger partial charge in [-0.05, 0) is 15.9 Å². The number of aryl methyl sites for hydroxylation is 1. The first kappa shape index (κ1) is 15.5. The first-order valence-electron chi connectivity index (χ1n) is 4.99. The van der Waals surface area contributed by atoms with Crippen LogP contribution in [-0.4, -0.2) is 66.2 Å². The normalized spacial score (nSPS) is 14.1. The fourth-order valence-electron chi connectivity index (χ4n) is 1.38. The number of sulfonamides is 1. The Labute approximate surface area is 114 Å². The number of nitrogens with zero attached hydrogens (tertiary/aromatic N) is 4. The van der Waals surface area contributed by atoms with Gasteiger partial charge in [0.15, 0.2) is 4.60 Å². The summed E-state index contributed by atoms with van der Waals surface area (Å²) < 4.78 is 31.5. The average molecular weight is 343 g/mol. The Morgan fingerprint density at radius 1 is 1.61 bits per heavy atom. The Hall–Kier alpha value is -0.550. The molecule has 1 aromatic heterocycles. The SMILES string of the molecule is COCC(O)CN(C)S(=O)(=O)c1c(Br)nnn1C. The highest BCUT2D eigenvalue weighted by molar-refractivity contribution is 9.10. The molecule has 10 heteroatoms. The summed E-state index contributed by atoms with van der Waals surface area (Å²) in [6, 6.07) is 0. The van der Waals surface area contributed by atoms with Crippen LogP contribution in [0.5, 0.6) is 0 Å². The van der Waals surface area contributed by atoms with E-state index in [2.05, 4.69) is 26.2 Å². The second-order valence-electron chi connectivity index (χ2n) is 3.70. The minimum Gasteiger partial charge on any atom is -0.389 e. The summed E-state index contributed by atoms with van der Waals surface area (Å²) in [5, 5.41) is 16.7.